The highest BCUT2D eigenvalue weighted by Crippen LogP contribution is 2.10. The molecule has 0 aromatic heterocycles. The predicted octanol–water partition coefficient (Wildman–Crippen LogP) is -1.77. The van der Waals surface area contributed by atoms with Crippen LogP contribution in [-0.2, 0) is 0 Å². The summed E-state index contributed by atoms with van der Waals surface area (Å²) >= 11 is 0. The normalized spacial score (nSPS) is 37.8. The Labute approximate surface area is 66.7 Å². The van der Waals surface area contributed by atoms with Crippen molar-refractivity contribution in [3.05, 3.63) is 0 Å². The maximum Gasteiger partial charge on any atom is 0.233 e. The molecule has 2 rings (SSSR count). The summed E-state index contributed by atoms with van der Waals surface area (Å²) in [5.41, 5.74) is 6.08. The summed E-state index contributed by atoms with van der Waals surface area (Å²) < 4.78 is 2.22. The fourth-order valence-corrected chi connectivity index (χ4v) is 1.98. The van der Waals surface area contributed by atoms with E-state index in [1.165, 1.54) is 0 Å². The van der Waals surface area contributed by atoms with Crippen molar-refractivity contribution >= 4 is 6.34 Å². The first-order valence-corrected chi connectivity index (χ1v) is 3.96. The summed E-state index contributed by atoms with van der Waals surface area (Å²) in [7, 11) is 2.10. The Morgan fingerprint density at radius 2 is 2.55 bits per heavy atom. The molecule has 0 saturated carbocycles. The van der Waals surface area contributed by atoms with Gasteiger partial charge in [-0.1, -0.05) is 0 Å². The minimum atomic E-state index is -0.0399. The van der Waals surface area contributed by atoms with Crippen molar-refractivity contribution in [2.45, 2.75) is 5.54 Å². The number of nitrogens with one attached hydrogen (secondary N) is 1. The van der Waals surface area contributed by atoms with E-state index in [0.717, 1.165) is 26.3 Å². The maximum absolute atomic E-state index is 6.12. The van der Waals surface area contributed by atoms with Crippen molar-refractivity contribution in [1.82, 2.24) is 10.2 Å². The summed E-state index contributed by atoms with van der Waals surface area (Å²) in [6, 6.07) is 0. The lowest BCUT2D eigenvalue weighted by molar-refractivity contribution is -0.571. The van der Waals surface area contributed by atoms with Crippen LogP contribution in [0.3, 0.4) is 0 Å². The largest absolute Gasteiger partial charge is 0.318 e. The highest BCUT2D eigenvalue weighted by molar-refractivity contribution is 5.49. The van der Waals surface area contributed by atoms with Crippen LogP contribution in [0.25, 0.3) is 0 Å². The van der Waals surface area contributed by atoms with Crippen LogP contribution in [0.5, 0.6) is 0 Å². The molecule has 1 atom stereocenters. The standard InChI is InChI=1S/C7H14N4/c1-10-3-7(8)2-9-5-11(4-7)6-10/h5H,2-4,6,8H2,1H3/p+1. The van der Waals surface area contributed by atoms with E-state index in [1.807, 2.05) is 6.34 Å². The average Bonchev–Trinajstić information content (AvgIpc) is 1.82. The molecular formula is C7H15N4+. The Balaban J connectivity index is 2.21. The third kappa shape index (κ3) is 1.23. The van der Waals surface area contributed by atoms with E-state index in [9.17, 15) is 0 Å². The van der Waals surface area contributed by atoms with E-state index in [4.69, 9.17) is 5.73 Å². The number of hydrogen-bond acceptors (Lipinski definition) is 3. The molecule has 2 aliphatic rings. The van der Waals surface area contributed by atoms with Gasteiger partial charge >= 0.3 is 0 Å². The zero-order chi connectivity index (χ0) is 7.90. The van der Waals surface area contributed by atoms with Crippen molar-refractivity contribution in [1.29, 1.82) is 0 Å². The predicted molar refractivity (Wildman–Crippen MR) is 43.6 cm³/mol. The first kappa shape index (κ1) is 7.06. The van der Waals surface area contributed by atoms with E-state index in [1.54, 1.807) is 0 Å². The zero-order valence-electron chi connectivity index (χ0n) is 6.88. The van der Waals surface area contributed by atoms with Gasteiger partial charge in [0.2, 0.25) is 6.34 Å². The van der Waals surface area contributed by atoms with Gasteiger partial charge in [0.1, 0.15) is 25.3 Å². The van der Waals surface area contributed by atoms with Crippen molar-refractivity contribution in [2.75, 3.05) is 33.4 Å². The van der Waals surface area contributed by atoms with Gasteiger partial charge in [-0.05, 0) is 7.05 Å². The molecule has 2 bridgehead atoms. The SMILES string of the molecule is CN1C[N+]2=CNCC(N)(C1)C2. The van der Waals surface area contributed by atoms with Crippen LogP contribution < -0.4 is 11.1 Å². The second kappa shape index (κ2) is 2.19. The Bertz CT molecular complexity index is 201. The zero-order valence-corrected chi connectivity index (χ0v) is 6.88. The van der Waals surface area contributed by atoms with E-state index in [-0.39, 0.29) is 5.54 Å². The third-order valence-corrected chi connectivity index (χ3v) is 2.25. The number of nitrogens with two attached hydrogens (primary N) is 1. The third-order valence-electron chi connectivity index (χ3n) is 2.25. The number of nitrogens with zero attached hydrogens (tertiary/aromatic N) is 2. The Morgan fingerprint density at radius 1 is 1.73 bits per heavy atom. The molecule has 3 N–H and O–H groups in total. The van der Waals surface area contributed by atoms with Gasteiger partial charge in [0.15, 0.2) is 0 Å². The van der Waals surface area contributed by atoms with Crippen molar-refractivity contribution < 1.29 is 4.58 Å². The topological polar surface area (TPSA) is 44.3 Å². The summed E-state index contributed by atoms with van der Waals surface area (Å²) in [4.78, 5) is 2.25. The molecule has 4 heteroatoms. The van der Waals surface area contributed by atoms with Crippen molar-refractivity contribution in [2.24, 2.45) is 5.73 Å². The van der Waals surface area contributed by atoms with Crippen molar-refractivity contribution in [3.8, 4) is 0 Å². The van der Waals surface area contributed by atoms with Gasteiger partial charge in [-0.15, -0.1) is 0 Å². The van der Waals surface area contributed by atoms with Gasteiger partial charge in [0, 0.05) is 6.54 Å². The number of likely N-dealkylation sites (N-methyl/N-ethyl adjacent to an activating group) is 1. The van der Waals surface area contributed by atoms with Gasteiger partial charge in [0.05, 0.1) is 0 Å². The molecule has 62 valence electrons. The minimum absolute atomic E-state index is 0.0399. The van der Waals surface area contributed by atoms with Gasteiger partial charge in [0.25, 0.3) is 0 Å². The van der Waals surface area contributed by atoms with E-state index in [0.29, 0.717) is 0 Å². The van der Waals surface area contributed by atoms with Crippen LogP contribution in [0.15, 0.2) is 0 Å². The fraction of sp³-hybridized carbons (Fsp3) is 0.857. The minimum Gasteiger partial charge on any atom is -0.318 e. The molecule has 0 aromatic rings. The van der Waals surface area contributed by atoms with Crippen LogP contribution in [-0.4, -0.2) is 54.7 Å². The lowest BCUT2D eigenvalue weighted by atomic mass is 9.97. The molecule has 4 nitrogen and oxygen atoms in total. The van der Waals surface area contributed by atoms with Crippen LogP contribution in [0.4, 0.5) is 0 Å². The quantitative estimate of drug-likeness (QED) is 0.407. The van der Waals surface area contributed by atoms with Crippen LogP contribution in [0.2, 0.25) is 0 Å². The number of rotatable bonds is 0. The lowest BCUT2D eigenvalue weighted by Crippen LogP contribution is -2.68. The fourth-order valence-electron chi connectivity index (χ4n) is 1.98. The second-order valence-corrected chi connectivity index (χ2v) is 3.77. The maximum atomic E-state index is 6.12. The number of hydrogen-bond donors (Lipinski definition) is 2. The molecule has 0 aliphatic carbocycles. The Kier molecular flexibility index (Phi) is 1.40. The van der Waals surface area contributed by atoms with Gasteiger partial charge in [-0.25, -0.2) is 0 Å². The summed E-state index contributed by atoms with van der Waals surface area (Å²) in [6.45, 7) is 3.87. The Morgan fingerprint density at radius 3 is 3.27 bits per heavy atom. The molecular weight excluding hydrogens is 140 g/mol. The molecule has 0 radical (unpaired) electrons. The summed E-state index contributed by atoms with van der Waals surface area (Å²) in [6.07, 6.45) is 2.03. The molecule has 0 aromatic carbocycles. The first-order chi connectivity index (χ1) is 5.18. The molecule has 1 saturated heterocycles. The second-order valence-electron chi connectivity index (χ2n) is 3.77. The summed E-state index contributed by atoms with van der Waals surface area (Å²) in [5, 5.41) is 3.20. The van der Waals surface area contributed by atoms with Gasteiger partial charge in [-0.2, -0.15) is 0 Å². The van der Waals surface area contributed by atoms with Crippen LogP contribution >= 0.6 is 0 Å². The Hall–Kier alpha value is -0.610. The molecule has 0 spiro atoms. The van der Waals surface area contributed by atoms with Gasteiger partial charge < -0.3 is 5.73 Å². The molecule has 0 amide bonds. The molecule has 2 aliphatic heterocycles. The van der Waals surface area contributed by atoms with Gasteiger partial charge in [-0.3, -0.25) is 14.8 Å². The highest BCUT2D eigenvalue weighted by atomic mass is 15.3. The molecule has 1 fully saturated rings. The molecule has 2 heterocycles. The monoisotopic (exact) mass is 155 g/mol. The smallest absolute Gasteiger partial charge is 0.233 e. The molecule has 1 unspecified atom stereocenters. The van der Waals surface area contributed by atoms with Crippen molar-refractivity contribution in [3.63, 3.8) is 0 Å². The lowest BCUT2D eigenvalue weighted by Gasteiger charge is -2.39. The number of fused-ring (bicyclic) bond motifs is 2. The van der Waals surface area contributed by atoms with E-state index in [2.05, 4.69) is 21.8 Å². The van der Waals surface area contributed by atoms with E-state index < -0.39 is 0 Å². The molecule has 11 heavy (non-hydrogen) atoms. The first-order valence-electron chi connectivity index (χ1n) is 3.96. The van der Waals surface area contributed by atoms with E-state index >= 15 is 0 Å². The average molecular weight is 155 g/mol. The van der Waals surface area contributed by atoms with Crippen LogP contribution in [0.1, 0.15) is 0 Å². The van der Waals surface area contributed by atoms with Crippen LogP contribution in [0, 0.1) is 0 Å². The summed E-state index contributed by atoms with van der Waals surface area (Å²) in [5.74, 6) is 0. The highest BCUT2D eigenvalue weighted by Gasteiger charge is 2.38.